The molecule has 0 N–H and O–H groups in total. The van der Waals surface area contributed by atoms with Crippen LogP contribution >= 0.6 is 23.4 Å². The molecule has 3 rings (SSSR count). The quantitative estimate of drug-likeness (QED) is 0.624. The molecule has 0 aromatic heterocycles. The molecule has 5 nitrogen and oxygen atoms in total. The molecule has 2 aromatic rings. The first kappa shape index (κ1) is 20.4. The van der Waals surface area contributed by atoms with Crippen LogP contribution in [0.1, 0.15) is 30.6 Å². The van der Waals surface area contributed by atoms with Crippen LogP contribution in [0.3, 0.4) is 0 Å². The summed E-state index contributed by atoms with van der Waals surface area (Å²) in [6, 6.07) is 14.0. The van der Waals surface area contributed by atoms with E-state index in [9.17, 15) is 9.59 Å². The summed E-state index contributed by atoms with van der Waals surface area (Å²) in [6.45, 7) is 4.38. The lowest BCUT2D eigenvalue weighted by Crippen LogP contribution is -2.36. The number of ether oxygens (including phenoxy) is 1. The highest BCUT2D eigenvalue weighted by molar-refractivity contribution is 8.14. The summed E-state index contributed by atoms with van der Waals surface area (Å²) in [6.07, 6.45) is 0.458. The van der Waals surface area contributed by atoms with Crippen molar-refractivity contribution in [3.8, 4) is 5.75 Å². The highest BCUT2D eigenvalue weighted by atomic mass is 35.5. The van der Waals surface area contributed by atoms with Crippen molar-refractivity contribution in [3.05, 3.63) is 59.1 Å². The molecule has 0 bridgehead atoms. The largest absolute Gasteiger partial charge is 0.484 e. The molecular formula is C21H21ClN2O3S. The first-order valence-electron chi connectivity index (χ1n) is 9.03. The van der Waals surface area contributed by atoms with Gasteiger partial charge in [-0.25, -0.2) is 4.99 Å². The second-order valence-corrected chi connectivity index (χ2v) is 8.24. The summed E-state index contributed by atoms with van der Waals surface area (Å²) in [7, 11) is 0. The number of ketones is 1. The van der Waals surface area contributed by atoms with Crippen molar-refractivity contribution in [2.75, 3.05) is 13.2 Å². The van der Waals surface area contributed by atoms with Crippen LogP contribution in [0, 0.1) is 0 Å². The number of thioether (sulfide) groups is 1. The Morgan fingerprint density at radius 1 is 1.18 bits per heavy atom. The molecule has 2 aromatic carbocycles. The van der Waals surface area contributed by atoms with Gasteiger partial charge in [-0.1, -0.05) is 37.2 Å². The topological polar surface area (TPSA) is 59.0 Å². The van der Waals surface area contributed by atoms with Gasteiger partial charge in [0, 0.05) is 28.8 Å². The van der Waals surface area contributed by atoms with E-state index in [0.29, 0.717) is 34.5 Å². The fourth-order valence-electron chi connectivity index (χ4n) is 2.70. The summed E-state index contributed by atoms with van der Waals surface area (Å²) in [5.74, 6) is 0.476. The Morgan fingerprint density at radius 2 is 1.86 bits per heavy atom. The second kappa shape index (κ2) is 9.26. The Bertz CT molecular complexity index is 882. The lowest BCUT2D eigenvalue weighted by Gasteiger charge is -2.16. The third-order valence-corrected chi connectivity index (χ3v) is 5.52. The normalized spacial score (nSPS) is 17.8. The average Bonchev–Trinajstić information content (AvgIpc) is 3.08. The Balaban J connectivity index is 1.65. The lowest BCUT2D eigenvalue weighted by molar-refractivity contribution is -0.129. The molecule has 7 heteroatoms. The van der Waals surface area contributed by atoms with Crippen molar-refractivity contribution in [2.24, 2.45) is 4.99 Å². The van der Waals surface area contributed by atoms with E-state index in [1.807, 2.05) is 19.1 Å². The van der Waals surface area contributed by atoms with Crippen LogP contribution in [0.4, 0.5) is 5.69 Å². The zero-order valence-electron chi connectivity index (χ0n) is 15.7. The summed E-state index contributed by atoms with van der Waals surface area (Å²) >= 11 is 7.47. The standard InChI is InChI=1S/C21H21ClN2O3S/c1-3-19(25)15-4-10-18(11-5-15)27-13-20(26)24-12-14(2)28-21(24)23-17-8-6-16(22)7-9-17/h4-11,14H,3,12-13H2,1-2H3/t14-/m0/s1. The Kier molecular flexibility index (Phi) is 6.75. The van der Waals surface area contributed by atoms with Crippen LogP contribution < -0.4 is 4.74 Å². The monoisotopic (exact) mass is 416 g/mol. The highest BCUT2D eigenvalue weighted by Gasteiger charge is 2.31. The van der Waals surface area contributed by atoms with Gasteiger partial charge in [0.15, 0.2) is 17.6 Å². The number of rotatable bonds is 6. The van der Waals surface area contributed by atoms with Crippen molar-refractivity contribution in [2.45, 2.75) is 25.5 Å². The van der Waals surface area contributed by atoms with Gasteiger partial charge in [-0.3, -0.25) is 14.5 Å². The molecule has 28 heavy (non-hydrogen) atoms. The van der Waals surface area contributed by atoms with E-state index in [4.69, 9.17) is 16.3 Å². The smallest absolute Gasteiger partial charge is 0.266 e. The van der Waals surface area contributed by atoms with Crippen molar-refractivity contribution in [3.63, 3.8) is 0 Å². The number of amides is 1. The predicted molar refractivity (Wildman–Crippen MR) is 114 cm³/mol. The van der Waals surface area contributed by atoms with Gasteiger partial charge in [0.1, 0.15) is 5.75 Å². The maximum absolute atomic E-state index is 12.7. The summed E-state index contributed by atoms with van der Waals surface area (Å²) in [4.78, 5) is 30.6. The van der Waals surface area contributed by atoms with Gasteiger partial charge in [-0.2, -0.15) is 0 Å². The van der Waals surface area contributed by atoms with E-state index in [1.54, 1.807) is 53.1 Å². The van der Waals surface area contributed by atoms with Crippen LogP contribution in [0.2, 0.25) is 5.02 Å². The van der Waals surface area contributed by atoms with E-state index in [2.05, 4.69) is 11.9 Å². The highest BCUT2D eigenvalue weighted by Crippen LogP contribution is 2.29. The first-order chi connectivity index (χ1) is 13.5. The zero-order valence-corrected chi connectivity index (χ0v) is 17.3. The number of halogens is 1. The molecule has 1 heterocycles. The Morgan fingerprint density at radius 3 is 2.50 bits per heavy atom. The second-order valence-electron chi connectivity index (χ2n) is 6.39. The Labute approximate surface area is 173 Å². The average molecular weight is 417 g/mol. The maximum Gasteiger partial charge on any atom is 0.266 e. The maximum atomic E-state index is 12.7. The third-order valence-electron chi connectivity index (χ3n) is 4.19. The lowest BCUT2D eigenvalue weighted by atomic mass is 10.1. The van der Waals surface area contributed by atoms with Crippen LogP contribution in [0.25, 0.3) is 0 Å². The molecule has 0 saturated carbocycles. The van der Waals surface area contributed by atoms with Gasteiger partial charge >= 0.3 is 0 Å². The molecule has 1 fully saturated rings. The number of carbonyl (C=O) groups excluding carboxylic acids is 2. The molecule has 1 aliphatic rings. The number of hydrogen-bond donors (Lipinski definition) is 0. The molecule has 0 aliphatic carbocycles. The fraction of sp³-hybridized carbons (Fsp3) is 0.286. The zero-order chi connectivity index (χ0) is 20.1. The van der Waals surface area contributed by atoms with E-state index < -0.39 is 0 Å². The van der Waals surface area contributed by atoms with Crippen LogP contribution in [-0.2, 0) is 4.79 Å². The molecule has 1 atom stereocenters. The fourth-order valence-corrected chi connectivity index (χ4v) is 3.87. The van der Waals surface area contributed by atoms with Gasteiger partial charge in [0.2, 0.25) is 0 Å². The minimum atomic E-state index is -0.154. The minimum absolute atomic E-state index is 0.0776. The Hall–Kier alpha value is -2.31. The van der Waals surface area contributed by atoms with Gasteiger partial charge in [-0.05, 0) is 48.5 Å². The summed E-state index contributed by atoms with van der Waals surface area (Å²) in [5.41, 5.74) is 1.39. The van der Waals surface area contributed by atoms with Crippen LogP contribution in [-0.4, -0.2) is 40.2 Å². The van der Waals surface area contributed by atoms with E-state index in [-0.39, 0.29) is 23.5 Å². The van der Waals surface area contributed by atoms with Gasteiger partial charge < -0.3 is 4.74 Å². The summed E-state index contributed by atoms with van der Waals surface area (Å²) < 4.78 is 5.61. The molecule has 1 aliphatic heterocycles. The molecular weight excluding hydrogens is 396 g/mol. The predicted octanol–water partition coefficient (Wildman–Crippen LogP) is 4.96. The number of Topliss-reactive ketones (excluding diaryl/α,β-unsaturated/α-hetero) is 1. The number of carbonyl (C=O) groups is 2. The SMILES string of the molecule is CCC(=O)c1ccc(OCC(=O)N2C[C@H](C)SC2=Nc2ccc(Cl)cc2)cc1. The van der Waals surface area contributed by atoms with Crippen molar-refractivity contribution in [1.29, 1.82) is 0 Å². The molecule has 146 valence electrons. The minimum Gasteiger partial charge on any atom is -0.484 e. The molecule has 1 saturated heterocycles. The number of amidine groups is 1. The molecule has 1 amide bonds. The summed E-state index contributed by atoms with van der Waals surface area (Å²) in [5, 5.41) is 1.56. The van der Waals surface area contributed by atoms with Crippen LogP contribution in [0.5, 0.6) is 5.75 Å². The van der Waals surface area contributed by atoms with Gasteiger partial charge in [-0.15, -0.1) is 0 Å². The molecule has 0 spiro atoms. The number of aliphatic imine (C=N–C) groups is 1. The molecule has 0 unspecified atom stereocenters. The van der Waals surface area contributed by atoms with Crippen LogP contribution in [0.15, 0.2) is 53.5 Å². The van der Waals surface area contributed by atoms with Crippen molar-refractivity contribution in [1.82, 2.24) is 4.90 Å². The third kappa shape index (κ3) is 5.14. The number of benzene rings is 2. The van der Waals surface area contributed by atoms with Gasteiger partial charge in [0.05, 0.1) is 5.69 Å². The molecule has 0 radical (unpaired) electrons. The number of nitrogens with zero attached hydrogens (tertiary/aromatic N) is 2. The van der Waals surface area contributed by atoms with Crippen molar-refractivity contribution >= 4 is 45.9 Å². The van der Waals surface area contributed by atoms with E-state index in [0.717, 1.165) is 5.69 Å². The van der Waals surface area contributed by atoms with E-state index in [1.165, 1.54) is 0 Å². The van der Waals surface area contributed by atoms with Crippen molar-refractivity contribution < 1.29 is 14.3 Å². The van der Waals surface area contributed by atoms with Gasteiger partial charge in [0.25, 0.3) is 5.91 Å². The first-order valence-corrected chi connectivity index (χ1v) is 10.3. The number of hydrogen-bond acceptors (Lipinski definition) is 5. The van der Waals surface area contributed by atoms with E-state index >= 15 is 0 Å².